The number of thiazole rings is 1. The molecule has 23 heavy (non-hydrogen) atoms. The summed E-state index contributed by atoms with van der Waals surface area (Å²) in [5.74, 6) is 0.387. The summed E-state index contributed by atoms with van der Waals surface area (Å²) in [4.78, 5) is 15.8. The summed E-state index contributed by atoms with van der Waals surface area (Å²) in [5.41, 5.74) is 2.21. The van der Waals surface area contributed by atoms with E-state index in [0.29, 0.717) is 10.9 Å². The van der Waals surface area contributed by atoms with Crippen molar-refractivity contribution in [2.45, 2.75) is 0 Å². The molecule has 0 spiro atoms. The minimum Gasteiger partial charge on any atom is -0.483 e. The first-order valence-corrected chi connectivity index (χ1v) is 8.57. The molecule has 2 aromatic carbocycles. The highest BCUT2D eigenvalue weighted by Crippen LogP contribution is 2.30. The molecule has 1 heterocycles. The van der Waals surface area contributed by atoms with Gasteiger partial charge in [0.25, 0.3) is 5.91 Å². The summed E-state index contributed by atoms with van der Waals surface area (Å²) >= 11 is 4.86. The van der Waals surface area contributed by atoms with Gasteiger partial charge in [0.2, 0.25) is 0 Å². The van der Waals surface area contributed by atoms with Crippen LogP contribution in [0, 0.1) is 0 Å². The minimum atomic E-state index is -0.237. The molecule has 0 radical (unpaired) electrons. The molecule has 0 aliphatic carbocycles. The van der Waals surface area contributed by atoms with Gasteiger partial charge in [-0.3, -0.25) is 10.1 Å². The SMILES string of the molecule is O=C(COc1ccc(-c2ccccc2)cc1Br)Nc1nccs1. The van der Waals surface area contributed by atoms with Crippen molar-refractivity contribution in [1.82, 2.24) is 4.98 Å². The summed E-state index contributed by atoms with van der Waals surface area (Å²) < 4.78 is 6.36. The number of rotatable bonds is 5. The van der Waals surface area contributed by atoms with Crippen LogP contribution in [0.4, 0.5) is 5.13 Å². The molecule has 0 aliphatic heterocycles. The first-order valence-electron chi connectivity index (χ1n) is 6.89. The molecule has 116 valence electrons. The number of nitrogens with zero attached hydrogens (tertiary/aromatic N) is 1. The smallest absolute Gasteiger partial charge is 0.264 e. The van der Waals surface area contributed by atoms with Crippen molar-refractivity contribution in [2.24, 2.45) is 0 Å². The van der Waals surface area contributed by atoms with E-state index in [-0.39, 0.29) is 12.5 Å². The van der Waals surface area contributed by atoms with Crippen molar-refractivity contribution >= 4 is 38.3 Å². The molecule has 3 aromatic rings. The van der Waals surface area contributed by atoms with Crippen molar-refractivity contribution in [2.75, 3.05) is 11.9 Å². The fourth-order valence-electron chi connectivity index (χ4n) is 2.01. The van der Waals surface area contributed by atoms with Crippen LogP contribution in [0.1, 0.15) is 0 Å². The van der Waals surface area contributed by atoms with E-state index in [1.54, 1.807) is 11.6 Å². The molecule has 0 saturated heterocycles. The molecule has 0 aliphatic rings. The van der Waals surface area contributed by atoms with Crippen LogP contribution < -0.4 is 10.1 Å². The lowest BCUT2D eigenvalue weighted by molar-refractivity contribution is -0.118. The Labute approximate surface area is 146 Å². The predicted molar refractivity (Wildman–Crippen MR) is 95.8 cm³/mol. The monoisotopic (exact) mass is 388 g/mol. The Bertz CT molecular complexity index is 792. The molecular weight excluding hydrogens is 376 g/mol. The molecule has 3 rings (SSSR count). The number of amides is 1. The summed E-state index contributed by atoms with van der Waals surface area (Å²) in [5, 5.41) is 5.04. The van der Waals surface area contributed by atoms with E-state index in [1.165, 1.54) is 11.3 Å². The Hall–Kier alpha value is -2.18. The van der Waals surface area contributed by atoms with E-state index in [4.69, 9.17) is 4.74 Å². The number of carbonyl (C=O) groups is 1. The second-order valence-corrected chi connectivity index (χ2v) is 6.43. The Morgan fingerprint density at radius 2 is 2.00 bits per heavy atom. The lowest BCUT2D eigenvalue weighted by Crippen LogP contribution is -2.20. The van der Waals surface area contributed by atoms with Gasteiger partial charge in [-0.1, -0.05) is 36.4 Å². The minimum absolute atomic E-state index is 0.0666. The third-order valence-electron chi connectivity index (χ3n) is 3.08. The van der Waals surface area contributed by atoms with Gasteiger partial charge in [0, 0.05) is 11.6 Å². The number of benzene rings is 2. The highest BCUT2D eigenvalue weighted by molar-refractivity contribution is 9.10. The van der Waals surface area contributed by atoms with Gasteiger partial charge >= 0.3 is 0 Å². The fourth-order valence-corrected chi connectivity index (χ4v) is 3.05. The van der Waals surface area contributed by atoms with Gasteiger partial charge in [-0.25, -0.2) is 4.98 Å². The lowest BCUT2D eigenvalue weighted by Gasteiger charge is -2.09. The number of nitrogens with one attached hydrogen (secondary N) is 1. The number of halogens is 1. The quantitative estimate of drug-likeness (QED) is 0.695. The Morgan fingerprint density at radius 1 is 1.17 bits per heavy atom. The molecule has 1 N–H and O–H groups in total. The third kappa shape index (κ3) is 4.18. The summed E-state index contributed by atoms with van der Waals surface area (Å²) in [6, 6.07) is 15.9. The Morgan fingerprint density at radius 3 is 2.70 bits per heavy atom. The van der Waals surface area contributed by atoms with Crippen LogP contribution in [0.5, 0.6) is 5.75 Å². The third-order valence-corrected chi connectivity index (χ3v) is 4.38. The lowest BCUT2D eigenvalue weighted by atomic mass is 10.1. The van der Waals surface area contributed by atoms with Crippen LogP contribution in [0.2, 0.25) is 0 Å². The van der Waals surface area contributed by atoms with E-state index in [0.717, 1.165) is 15.6 Å². The van der Waals surface area contributed by atoms with E-state index in [9.17, 15) is 4.79 Å². The summed E-state index contributed by atoms with van der Waals surface area (Å²) in [6.45, 7) is -0.0666. The fraction of sp³-hybridized carbons (Fsp3) is 0.0588. The molecule has 0 atom stereocenters. The topological polar surface area (TPSA) is 51.2 Å². The van der Waals surface area contributed by atoms with Crippen LogP contribution in [-0.4, -0.2) is 17.5 Å². The maximum Gasteiger partial charge on any atom is 0.264 e. The number of hydrogen-bond acceptors (Lipinski definition) is 4. The van der Waals surface area contributed by atoms with Crippen molar-refractivity contribution in [3.05, 3.63) is 64.6 Å². The molecule has 0 saturated carbocycles. The zero-order valence-corrected chi connectivity index (χ0v) is 14.4. The second-order valence-electron chi connectivity index (χ2n) is 4.69. The van der Waals surface area contributed by atoms with Gasteiger partial charge in [-0.2, -0.15) is 0 Å². The van der Waals surface area contributed by atoms with Crippen LogP contribution in [0.25, 0.3) is 11.1 Å². The predicted octanol–water partition coefficient (Wildman–Crippen LogP) is 4.59. The first-order chi connectivity index (χ1) is 11.2. The Balaban J connectivity index is 1.63. The largest absolute Gasteiger partial charge is 0.483 e. The van der Waals surface area contributed by atoms with Gasteiger partial charge in [0.1, 0.15) is 5.75 Å². The van der Waals surface area contributed by atoms with Crippen LogP contribution >= 0.6 is 27.3 Å². The maximum absolute atomic E-state index is 11.8. The van der Waals surface area contributed by atoms with E-state index in [2.05, 4.69) is 26.2 Å². The number of carbonyl (C=O) groups excluding carboxylic acids is 1. The summed E-state index contributed by atoms with van der Waals surface area (Å²) in [7, 11) is 0. The summed E-state index contributed by atoms with van der Waals surface area (Å²) in [6.07, 6.45) is 1.64. The second kappa shape index (κ2) is 7.39. The van der Waals surface area contributed by atoms with Crippen LogP contribution in [-0.2, 0) is 4.79 Å². The zero-order valence-electron chi connectivity index (χ0n) is 12.0. The average molecular weight is 389 g/mol. The van der Waals surface area contributed by atoms with Gasteiger partial charge in [0.15, 0.2) is 11.7 Å². The maximum atomic E-state index is 11.8. The average Bonchev–Trinajstić information content (AvgIpc) is 3.07. The van der Waals surface area contributed by atoms with E-state index >= 15 is 0 Å². The van der Waals surface area contributed by atoms with Gasteiger partial charge in [0.05, 0.1) is 4.47 Å². The molecular formula is C17H13BrN2O2S. The number of ether oxygens (including phenoxy) is 1. The van der Waals surface area contributed by atoms with Crippen LogP contribution in [0.15, 0.2) is 64.6 Å². The van der Waals surface area contributed by atoms with Gasteiger partial charge in [-0.15, -0.1) is 11.3 Å². The van der Waals surface area contributed by atoms with Crippen molar-refractivity contribution in [1.29, 1.82) is 0 Å². The highest BCUT2D eigenvalue weighted by Gasteiger charge is 2.08. The number of hydrogen-bond donors (Lipinski definition) is 1. The molecule has 0 unspecified atom stereocenters. The standard InChI is InChI=1S/C17H13BrN2O2S/c18-14-10-13(12-4-2-1-3-5-12)6-7-15(14)22-11-16(21)20-17-19-8-9-23-17/h1-10H,11H2,(H,19,20,21). The van der Waals surface area contributed by atoms with E-state index < -0.39 is 0 Å². The molecule has 0 bridgehead atoms. The molecule has 4 nitrogen and oxygen atoms in total. The van der Waals surface area contributed by atoms with Crippen LogP contribution in [0.3, 0.4) is 0 Å². The number of aromatic nitrogens is 1. The normalized spacial score (nSPS) is 10.3. The number of anilines is 1. The highest BCUT2D eigenvalue weighted by atomic mass is 79.9. The molecule has 6 heteroatoms. The van der Waals surface area contributed by atoms with Crippen molar-refractivity contribution in [3.8, 4) is 16.9 Å². The van der Waals surface area contributed by atoms with Gasteiger partial charge < -0.3 is 4.74 Å². The first kappa shape index (κ1) is 15.7. The molecule has 0 fully saturated rings. The Kier molecular flexibility index (Phi) is 5.05. The van der Waals surface area contributed by atoms with Crippen molar-refractivity contribution in [3.63, 3.8) is 0 Å². The molecule has 1 amide bonds. The molecule has 1 aromatic heterocycles. The zero-order chi connectivity index (χ0) is 16.1. The van der Waals surface area contributed by atoms with E-state index in [1.807, 2.05) is 48.5 Å². The van der Waals surface area contributed by atoms with Crippen molar-refractivity contribution < 1.29 is 9.53 Å². The van der Waals surface area contributed by atoms with Gasteiger partial charge in [-0.05, 0) is 39.2 Å².